The molecule has 0 saturated carbocycles. The quantitative estimate of drug-likeness (QED) is 0.802. The lowest BCUT2D eigenvalue weighted by atomic mass is 9.87. The van der Waals surface area contributed by atoms with Crippen molar-refractivity contribution >= 4 is 17.8 Å². The molecule has 0 aliphatic rings. The van der Waals surface area contributed by atoms with E-state index in [4.69, 9.17) is 16.7 Å². The van der Waals surface area contributed by atoms with Crippen LogP contribution in [0, 0.1) is 0 Å². The van der Waals surface area contributed by atoms with Gasteiger partial charge in [0.05, 0.1) is 0 Å². The van der Waals surface area contributed by atoms with Crippen LogP contribution in [0.2, 0.25) is 5.02 Å². The molecule has 3 nitrogen and oxygen atoms in total. The van der Waals surface area contributed by atoms with Gasteiger partial charge < -0.3 is 9.84 Å². The van der Waals surface area contributed by atoms with E-state index >= 15 is 0 Å². The molecule has 0 fully saturated rings. The molecule has 0 radical (unpaired) electrons. The van der Waals surface area contributed by atoms with Crippen LogP contribution in [0.3, 0.4) is 0 Å². The van der Waals surface area contributed by atoms with Gasteiger partial charge in [0.15, 0.2) is 0 Å². The number of hydrogen-bond donors (Lipinski definition) is 1. The molecule has 88 valence electrons. The SMILES string of the molecule is CC(C)(C)c1ccc(COC(=O)O)c(Cl)c1. The number of ether oxygens (including phenoxy) is 1. The first kappa shape index (κ1) is 12.8. The Labute approximate surface area is 100.0 Å². The zero-order valence-corrected chi connectivity index (χ0v) is 10.3. The monoisotopic (exact) mass is 242 g/mol. The number of rotatable bonds is 2. The molecule has 1 aromatic carbocycles. The molecule has 0 amide bonds. The van der Waals surface area contributed by atoms with E-state index in [1.54, 1.807) is 6.07 Å². The molecule has 0 saturated heterocycles. The minimum atomic E-state index is -1.30. The molecule has 0 bridgehead atoms. The predicted octanol–water partition coefficient (Wildman–Crippen LogP) is 3.83. The molecule has 0 atom stereocenters. The Bertz CT molecular complexity index is 394. The van der Waals surface area contributed by atoms with Gasteiger partial charge >= 0.3 is 6.16 Å². The Morgan fingerprint density at radius 1 is 1.44 bits per heavy atom. The van der Waals surface area contributed by atoms with Crippen LogP contribution in [-0.4, -0.2) is 11.3 Å². The van der Waals surface area contributed by atoms with Crippen molar-refractivity contribution in [2.45, 2.75) is 32.8 Å². The first-order valence-corrected chi connectivity index (χ1v) is 5.33. The molecule has 4 heteroatoms. The van der Waals surface area contributed by atoms with E-state index in [1.807, 2.05) is 12.1 Å². The largest absolute Gasteiger partial charge is 0.506 e. The second-order valence-electron chi connectivity index (χ2n) is 4.61. The summed E-state index contributed by atoms with van der Waals surface area (Å²) in [5.74, 6) is 0. The van der Waals surface area contributed by atoms with Crippen molar-refractivity contribution in [3.8, 4) is 0 Å². The highest BCUT2D eigenvalue weighted by molar-refractivity contribution is 6.31. The molecule has 1 aromatic rings. The summed E-state index contributed by atoms with van der Waals surface area (Å²) in [6.45, 7) is 6.25. The fraction of sp³-hybridized carbons (Fsp3) is 0.417. The standard InChI is InChI=1S/C12H15ClO3/c1-12(2,3)9-5-4-8(10(13)6-9)7-16-11(14)15/h4-6H,7H2,1-3H3,(H,14,15). The maximum atomic E-state index is 10.2. The maximum Gasteiger partial charge on any atom is 0.506 e. The Hall–Kier alpha value is -1.22. The summed E-state index contributed by atoms with van der Waals surface area (Å²) in [7, 11) is 0. The zero-order chi connectivity index (χ0) is 12.3. The van der Waals surface area contributed by atoms with Crippen molar-refractivity contribution in [1.82, 2.24) is 0 Å². The summed E-state index contributed by atoms with van der Waals surface area (Å²) in [6, 6.07) is 5.58. The van der Waals surface area contributed by atoms with Crippen molar-refractivity contribution in [3.63, 3.8) is 0 Å². The Kier molecular flexibility index (Phi) is 3.81. The molecule has 1 rings (SSSR count). The average Bonchev–Trinajstić information content (AvgIpc) is 2.14. The van der Waals surface area contributed by atoms with Gasteiger partial charge in [-0.3, -0.25) is 0 Å². The molecular formula is C12H15ClO3. The molecule has 16 heavy (non-hydrogen) atoms. The number of benzene rings is 1. The van der Waals surface area contributed by atoms with Gasteiger partial charge in [-0.1, -0.05) is 44.5 Å². The molecule has 1 N–H and O–H groups in total. The Balaban J connectivity index is 2.88. The Morgan fingerprint density at radius 2 is 2.06 bits per heavy atom. The normalized spacial score (nSPS) is 11.2. The average molecular weight is 243 g/mol. The maximum absolute atomic E-state index is 10.2. The highest BCUT2D eigenvalue weighted by Gasteiger charge is 2.15. The first-order chi connectivity index (χ1) is 7.30. The van der Waals surface area contributed by atoms with Gasteiger partial charge in [-0.25, -0.2) is 4.79 Å². The highest BCUT2D eigenvalue weighted by Crippen LogP contribution is 2.27. The minimum absolute atomic E-state index is 0.0153. The first-order valence-electron chi connectivity index (χ1n) is 4.95. The van der Waals surface area contributed by atoms with Gasteiger partial charge in [-0.05, 0) is 17.0 Å². The summed E-state index contributed by atoms with van der Waals surface area (Å²) in [6.07, 6.45) is -1.30. The third kappa shape index (κ3) is 3.42. The van der Waals surface area contributed by atoms with Gasteiger partial charge in [0.2, 0.25) is 0 Å². The number of hydrogen-bond acceptors (Lipinski definition) is 2. The van der Waals surface area contributed by atoms with Crippen LogP contribution in [0.1, 0.15) is 31.9 Å². The summed E-state index contributed by atoms with van der Waals surface area (Å²) < 4.78 is 4.47. The van der Waals surface area contributed by atoms with E-state index in [1.165, 1.54) is 0 Å². The van der Waals surface area contributed by atoms with E-state index in [9.17, 15) is 4.79 Å². The second-order valence-corrected chi connectivity index (χ2v) is 5.02. The summed E-state index contributed by atoms with van der Waals surface area (Å²) in [4.78, 5) is 10.2. The second kappa shape index (κ2) is 4.74. The topological polar surface area (TPSA) is 46.5 Å². The lowest BCUT2D eigenvalue weighted by Crippen LogP contribution is -2.11. The highest BCUT2D eigenvalue weighted by atomic mass is 35.5. The molecule has 0 aliphatic heterocycles. The number of carboxylic acid groups (broad SMARTS) is 1. The van der Waals surface area contributed by atoms with Crippen molar-refractivity contribution in [2.24, 2.45) is 0 Å². The van der Waals surface area contributed by atoms with Gasteiger partial charge in [0.1, 0.15) is 6.61 Å². The third-order valence-corrected chi connectivity index (χ3v) is 2.62. The van der Waals surface area contributed by atoms with Crippen LogP contribution in [0.5, 0.6) is 0 Å². The van der Waals surface area contributed by atoms with Crippen LogP contribution in [-0.2, 0) is 16.8 Å². The minimum Gasteiger partial charge on any atom is -0.450 e. The summed E-state index contributed by atoms with van der Waals surface area (Å²) in [5, 5.41) is 8.92. The smallest absolute Gasteiger partial charge is 0.450 e. The van der Waals surface area contributed by atoms with Crippen molar-refractivity contribution < 1.29 is 14.6 Å². The van der Waals surface area contributed by atoms with E-state index < -0.39 is 6.16 Å². The van der Waals surface area contributed by atoms with E-state index in [-0.39, 0.29) is 12.0 Å². The van der Waals surface area contributed by atoms with Crippen molar-refractivity contribution in [2.75, 3.05) is 0 Å². The number of halogens is 1. The number of carbonyl (C=O) groups is 1. The van der Waals surface area contributed by atoms with Gasteiger partial charge in [-0.2, -0.15) is 0 Å². The van der Waals surface area contributed by atoms with Gasteiger partial charge in [-0.15, -0.1) is 0 Å². The van der Waals surface area contributed by atoms with Crippen LogP contribution < -0.4 is 0 Å². The van der Waals surface area contributed by atoms with E-state index in [0.29, 0.717) is 10.6 Å². The predicted molar refractivity (Wildman–Crippen MR) is 63.0 cm³/mol. The van der Waals surface area contributed by atoms with E-state index in [2.05, 4.69) is 25.5 Å². The lowest BCUT2D eigenvalue weighted by molar-refractivity contribution is 0.0854. The fourth-order valence-corrected chi connectivity index (χ4v) is 1.51. The van der Waals surface area contributed by atoms with Crippen molar-refractivity contribution in [3.05, 3.63) is 34.3 Å². The van der Waals surface area contributed by atoms with Crippen LogP contribution in [0.4, 0.5) is 4.79 Å². The van der Waals surface area contributed by atoms with Gasteiger partial charge in [0.25, 0.3) is 0 Å². The lowest BCUT2D eigenvalue weighted by Gasteiger charge is -2.19. The molecule has 0 heterocycles. The van der Waals surface area contributed by atoms with E-state index in [0.717, 1.165) is 5.56 Å². The molecule has 0 aliphatic carbocycles. The summed E-state index contributed by atoms with van der Waals surface area (Å²) in [5.41, 5.74) is 1.81. The molecular weight excluding hydrogens is 228 g/mol. The molecule has 0 aromatic heterocycles. The molecule has 0 unspecified atom stereocenters. The summed E-state index contributed by atoms with van der Waals surface area (Å²) >= 11 is 6.05. The Morgan fingerprint density at radius 3 is 2.50 bits per heavy atom. The van der Waals surface area contributed by atoms with Crippen LogP contribution >= 0.6 is 11.6 Å². The zero-order valence-electron chi connectivity index (χ0n) is 9.58. The fourth-order valence-electron chi connectivity index (χ4n) is 1.27. The van der Waals surface area contributed by atoms with Crippen LogP contribution in [0.15, 0.2) is 18.2 Å². The molecule has 0 spiro atoms. The van der Waals surface area contributed by atoms with Gasteiger partial charge in [0, 0.05) is 10.6 Å². The third-order valence-electron chi connectivity index (χ3n) is 2.27. The van der Waals surface area contributed by atoms with Crippen LogP contribution in [0.25, 0.3) is 0 Å². The van der Waals surface area contributed by atoms with Crippen molar-refractivity contribution in [1.29, 1.82) is 0 Å².